The molecule has 0 saturated carbocycles. The standard InChI is InChI=1S/C24H19ClN2O3S/c1-31-19-13-7-15(8-14-19)21-20-22(30-27(21)18-11-9-16(25)10-12-18)24(29)26(23(20)28)17-5-3-2-4-6-17/h2-14,20-22H,1H3/t20-,21-,22-/m1/s1. The Kier molecular flexibility index (Phi) is 5.22. The van der Waals surface area contributed by atoms with Crippen LogP contribution in [0.1, 0.15) is 11.6 Å². The van der Waals surface area contributed by atoms with Gasteiger partial charge in [-0.3, -0.25) is 14.4 Å². The molecule has 0 spiro atoms. The van der Waals surface area contributed by atoms with E-state index in [-0.39, 0.29) is 11.8 Å². The lowest BCUT2D eigenvalue weighted by molar-refractivity contribution is -0.126. The van der Waals surface area contributed by atoms with Crippen molar-refractivity contribution in [3.05, 3.63) is 89.4 Å². The number of hydrogen-bond acceptors (Lipinski definition) is 5. The molecule has 0 aliphatic carbocycles. The van der Waals surface area contributed by atoms with Crippen molar-refractivity contribution in [2.24, 2.45) is 5.92 Å². The van der Waals surface area contributed by atoms with Crippen LogP contribution in [-0.2, 0) is 14.4 Å². The summed E-state index contributed by atoms with van der Waals surface area (Å²) in [4.78, 5) is 35.3. The predicted molar refractivity (Wildman–Crippen MR) is 122 cm³/mol. The van der Waals surface area contributed by atoms with E-state index < -0.39 is 18.1 Å². The lowest BCUT2D eigenvalue weighted by Crippen LogP contribution is -2.37. The van der Waals surface area contributed by atoms with Crippen molar-refractivity contribution < 1.29 is 14.4 Å². The maximum absolute atomic E-state index is 13.5. The smallest absolute Gasteiger partial charge is 0.266 e. The summed E-state index contributed by atoms with van der Waals surface area (Å²) in [6.07, 6.45) is 1.13. The van der Waals surface area contributed by atoms with Gasteiger partial charge < -0.3 is 0 Å². The highest BCUT2D eigenvalue weighted by molar-refractivity contribution is 7.98. The number of carbonyl (C=O) groups excluding carboxylic acids is 2. The van der Waals surface area contributed by atoms with Gasteiger partial charge in [-0.1, -0.05) is 41.9 Å². The molecule has 2 aliphatic heterocycles. The van der Waals surface area contributed by atoms with Crippen molar-refractivity contribution in [1.82, 2.24) is 0 Å². The Balaban J connectivity index is 1.58. The number of anilines is 2. The molecule has 7 heteroatoms. The Labute approximate surface area is 189 Å². The zero-order chi connectivity index (χ0) is 21.5. The highest BCUT2D eigenvalue weighted by Gasteiger charge is 2.60. The van der Waals surface area contributed by atoms with Gasteiger partial charge >= 0.3 is 0 Å². The van der Waals surface area contributed by atoms with Crippen LogP contribution >= 0.6 is 23.4 Å². The molecule has 0 N–H and O–H groups in total. The molecule has 2 saturated heterocycles. The molecule has 2 amide bonds. The number of hydroxylamine groups is 1. The number of hydrogen-bond donors (Lipinski definition) is 0. The second-order valence-electron chi connectivity index (χ2n) is 7.42. The molecule has 31 heavy (non-hydrogen) atoms. The summed E-state index contributed by atoms with van der Waals surface area (Å²) < 4.78 is 0. The first-order valence-corrected chi connectivity index (χ1v) is 11.5. The first-order chi connectivity index (χ1) is 15.1. The molecule has 0 unspecified atom stereocenters. The Morgan fingerprint density at radius 2 is 1.52 bits per heavy atom. The maximum Gasteiger partial charge on any atom is 0.266 e. The fraction of sp³-hybridized carbons (Fsp3) is 0.167. The third-order valence-electron chi connectivity index (χ3n) is 5.67. The third kappa shape index (κ3) is 3.41. The van der Waals surface area contributed by atoms with Crippen LogP contribution in [0, 0.1) is 5.92 Å². The maximum atomic E-state index is 13.5. The van der Waals surface area contributed by atoms with Crippen LogP contribution in [0.3, 0.4) is 0 Å². The van der Waals surface area contributed by atoms with Crippen LogP contribution in [0.5, 0.6) is 0 Å². The summed E-state index contributed by atoms with van der Waals surface area (Å²) in [5.74, 6) is -1.25. The first-order valence-electron chi connectivity index (χ1n) is 9.87. The van der Waals surface area contributed by atoms with Crippen molar-refractivity contribution in [2.75, 3.05) is 16.2 Å². The topological polar surface area (TPSA) is 49.9 Å². The molecule has 2 heterocycles. The third-order valence-corrected chi connectivity index (χ3v) is 6.66. The monoisotopic (exact) mass is 450 g/mol. The summed E-state index contributed by atoms with van der Waals surface area (Å²) >= 11 is 7.71. The van der Waals surface area contributed by atoms with Gasteiger partial charge in [-0.2, -0.15) is 0 Å². The number of carbonyl (C=O) groups is 2. The van der Waals surface area contributed by atoms with Gasteiger partial charge in [0.15, 0.2) is 6.10 Å². The van der Waals surface area contributed by atoms with E-state index in [1.54, 1.807) is 41.1 Å². The first kappa shape index (κ1) is 20.1. The van der Waals surface area contributed by atoms with Crippen molar-refractivity contribution in [3.8, 4) is 0 Å². The molecule has 156 valence electrons. The summed E-state index contributed by atoms with van der Waals surface area (Å²) in [6, 6.07) is 23.8. The fourth-order valence-electron chi connectivity index (χ4n) is 4.20. The van der Waals surface area contributed by atoms with Gasteiger partial charge in [-0.15, -0.1) is 11.8 Å². The molecule has 3 aromatic rings. The number of benzene rings is 3. The second kappa shape index (κ2) is 8.04. The minimum Gasteiger partial charge on any atom is -0.273 e. The number of nitrogens with zero attached hydrogens (tertiary/aromatic N) is 2. The van der Waals surface area contributed by atoms with E-state index in [4.69, 9.17) is 16.4 Å². The highest BCUT2D eigenvalue weighted by atomic mass is 35.5. The van der Waals surface area contributed by atoms with E-state index in [9.17, 15) is 9.59 Å². The lowest BCUT2D eigenvalue weighted by atomic mass is 9.90. The highest BCUT2D eigenvalue weighted by Crippen LogP contribution is 2.47. The average molecular weight is 451 g/mol. The number of amides is 2. The molecule has 3 atom stereocenters. The van der Waals surface area contributed by atoms with Crippen LogP contribution in [0.4, 0.5) is 11.4 Å². The van der Waals surface area contributed by atoms with Gasteiger partial charge in [0.1, 0.15) is 5.92 Å². The van der Waals surface area contributed by atoms with Crippen LogP contribution in [0.2, 0.25) is 5.02 Å². The molecule has 5 nitrogen and oxygen atoms in total. The van der Waals surface area contributed by atoms with Crippen molar-refractivity contribution in [1.29, 1.82) is 0 Å². The molecule has 2 aliphatic rings. The van der Waals surface area contributed by atoms with Crippen LogP contribution in [0.15, 0.2) is 83.8 Å². The second-order valence-corrected chi connectivity index (χ2v) is 8.74. The number of halogens is 1. The molecule has 0 radical (unpaired) electrons. The SMILES string of the molecule is CSc1ccc([C@@H]2[C@H]3C(=O)N(c4ccccc4)C(=O)[C@@H]3ON2c2ccc(Cl)cc2)cc1. The van der Waals surface area contributed by atoms with Crippen molar-refractivity contribution in [2.45, 2.75) is 17.0 Å². The van der Waals surface area contributed by atoms with Crippen molar-refractivity contribution >= 4 is 46.6 Å². The van der Waals surface area contributed by atoms with Gasteiger partial charge in [0, 0.05) is 9.92 Å². The Bertz CT molecular complexity index is 1120. The van der Waals surface area contributed by atoms with Crippen LogP contribution in [-0.4, -0.2) is 24.2 Å². The van der Waals surface area contributed by atoms with E-state index in [1.807, 2.05) is 60.9 Å². The summed E-state index contributed by atoms with van der Waals surface area (Å²) in [7, 11) is 0. The van der Waals surface area contributed by atoms with E-state index >= 15 is 0 Å². The quantitative estimate of drug-likeness (QED) is 0.408. The average Bonchev–Trinajstić information content (AvgIpc) is 3.31. The minimum absolute atomic E-state index is 0.253. The minimum atomic E-state index is -0.881. The Morgan fingerprint density at radius 3 is 2.16 bits per heavy atom. The van der Waals surface area contributed by atoms with Gasteiger partial charge in [-0.25, -0.2) is 9.96 Å². The Hall–Kier alpha value is -2.80. The predicted octanol–water partition coefficient (Wildman–Crippen LogP) is 5.11. The Morgan fingerprint density at radius 1 is 0.839 bits per heavy atom. The fourth-order valence-corrected chi connectivity index (χ4v) is 4.73. The van der Waals surface area contributed by atoms with Gasteiger partial charge in [0.2, 0.25) is 5.91 Å². The van der Waals surface area contributed by atoms with E-state index in [0.29, 0.717) is 10.7 Å². The zero-order valence-corrected chi connectivity index (χ0v) is 18.2. The van der Waals surface area contributed by atoms with Crippen LogP contribution < -0.4 is 9.96 Å². The summed E-state index contributed by atoms with van der Waals surface area (Å²) in [6.45, 7) is 0. The molecule has 0 aromatic heterocycles. The normalized spacial score (nSPS) is 22.8. The van der Waals surface area contributed by atoms with Gasteiger partial charge in [0.05, 0.1) is 17.4 Å². The number of imide groups is 1. The molecule has 0 bridgehead atoms. The van der Waals surface area contributed by atoms with E-state index in [2.05, 4.69) is 0 Å². The molecule has 3 aromatic carbocycles. The van der Waals surface area contributed by atoms with E-state index in [1.165, 1.54) is 4.90 Å². The van der Waals surface area contributed by atoms with Gasteiger partial charge in [0.25, 0.3) is 5.91 Å². The molecular formula is C24H19ClN2O3S. The molecule has 2 fully saturated rings. The summed E-state index contributed by atoms with van der Waals surface area (Å²) in [5.41, 5.74) is 2.21. The number of para-hydroxylation sites is 1. The van der Waals surface area contributed by atoms with Crippen LogP contribution in [0.25, 0.3) is 0 Å². The summed E-state index contributed by atoms with van der Waals surface area (Å²) in [5, 5.41) is 2.28. The van der Waals surface area contributed by atoms with E-state index in [0.717, 1.165) is 16.1 Å². The number of fused-ring (bicyclic) bond motifs is 1. The van der Waals surface area contributed by atoms with Crippen molar-refractivity contribution in [3.63, 3.8) is 0 Å². The lowest BCUT2D eigenvalue weighted by Gasteiger charge is -2.29. The molecular weight excluding hydrogens is 432 g/mol. The molecule has 5 rings (SSSR count). The number of thioether (sulfide) groups is 1. The largest absolute Gasteiger partial charge is 0.273 e. The zero-order valence-electron chi connectivity index (χ0n) is 16.6. The number of rotatable bonds is 4. The van der Waals surface area contributed by atoms with Gasteiger partial charge in [-0.05, 0) is 60.4 Å².